The van der Waals surface area contributed by atoms with Crippen molar-refractivity contribution >= 4 is 40.0 Å². The highest BCUT2D eigenvalue weighted by Crippen LogP contribution is 2.26. The molecule has 0 saturated heterocycles. The molecule has 0 radical (unpaired) electrons. The van der Waals surface area contributed by atoms with Gasteiger partial charge in [0.05, 0.1) is 16.3 Å². The van der Waals surface area contributed by atoms with Gasteiger partial charge in [0.15, 0.2) is 0 Å². The number of fused-ring (bicyclic) bond motifs is 1. The first-order chi connectivity index (χ1) is 14.5. The Balaban J connectivity index is 1.70. The number of amides is 1. The maximum Gasteiger partial charge on any atom is 0.299 e. The third-order valence-corrected chi connectivity index (χ3v) is 5.18. The summed E-state index contributed by atoms with van der Waals surface area (Å²) >= 11 is 6.17. The van der Waals surface area contributed by atoms with Crippen LogP contribution in [0.25, 0.3) is 11.0 Å². The van der Waals surface area contributed by atoms with Crippen LogP contribution >= 0.6 is 11.6 Å². The van der Waals surface area contributed by atoms with Gasteiger partial charge in [0.2, 0.25) is 0 Å². The number of para-hydroxylation sites is 1. The number of halogens is 2. The fourth-order valence-corrected chi connectivity index (χ4v) is 3.57. The summed E-state index contributed by atoms with van der Waals surface area (Å²) in [5, 5.41) is 0.951. The molecule has 0 N–H and O–H groups in total. The zero-order valence-corrected chi connectivity index (χ0v) is 16.8. The third kappa shape index (κ3) is 3.69. The Morgan fingerprint density at radius 2 is 1.80 bits per heavy atom. The van der Waals surface area contributed by atoms with Gasteiger partial charge in [-0.2, -0.15) is 0 Å². The largest absolute Gasteiger partial charge is 0.327 e. The minimum Gasteiger partial charge on any atom is -0.327 e. The van der Waals surface area contributed by atoms with E-state index < -0.39 is 11.7 Å². The fraction of sp³-hybridized carbons (Fsp3) is 0.0870. The summed E-state index contributed by atoms with van der Waals surface area (Å²) in [5.74, 6) is -1.68. The topological polar surface area (TPSA) is 55.2 Å². The Hall–Kier alpha value is -3.51. The van der Waals surface area contributed by atoms with Gasteiger partial charge in [-0.25, -0.2) is 9.37 Å². The molecule has 2 aromatic heterocycles. The molecule has 0 aliphatic rings. The third-order valence-electron chi connectivity index (χ3n) is 4.86. The number of Topliss-reactive ketones (excluding diaryl/α,β-unsaturated/α-hetero) is 1. The zero-order chi connectivity index (χ0) is 21.3. The van der Waals surface area contributed by atoms with E-state index in [-0.39, 0.29) is 11.4 Å². The lowest BCUT2D eigenvalue weighted by Crippen LogP contribution is -2.33. The highest BCUT2D eigenvalue weighted by molar-refractivity contribution is 6.49. The number of ketones is 1. The summed E-state index contributed by atoms with van der Waals surface area (Å²) in [5.41, 5.74) is 2.12. The molecule has 1 amide bonds. The number of carbonyl (C=O) groups is 2. The predicted octanol–water partition coefficient (Wildman–Crippen LogP) is 4.72. The highest BCUT2D eigenvalue weighted by atomic mass is 35.5. The molecule has 4 aromatic rings. The first-order valence-electron chi connectivity index (χ1n) is 9.21. The molecular formula is C23H17ClFN3O2. The van der Waals surface area contributed by atoms with Crippen LogP contribution < -0.4 is 4.90 Å². The maximum absolute atomic E-state index is 13.2. The minimum absolute atomic E-state index is 0.254. The average Bonchev–Trinajstić information content (AvgIpc) is 3.12. The monoisotopic (exact) mass is 421 g/mol. The molecule has 0 aliphatic carbocycles. The van der Waals surface area contributed by atoms with E-state index in [9.17, 15) is 14.0 Å². The van der Waals surface area contributed by atoms with Crippen molar-refractivity contribution in [2.75, 3.05) is 11.9 Å². The van der Waals surface area contributed by atoms with E-state index in [1.807, 2.05) is 0 Å². The second kappa shape index (κ2) is 8.08. The fourth-order valence-electron chi connectivity index (χ4n) is 3.31. The second-order valence-electron chi connectivity index (χ2n) is 6.82. The molecule has 4 rings (SSSR count). The minimum atomic E-state index is -0.701. The molecule has 0 saturated carbocycles. The van der Waals surface area contributed by atoms with Gasteiger partial charge in [0.1, 0.15) is 11.5 Å². The van der Waals surface area contributed by atoms with E-state index in [1.54, 1.807) is 65.5 Å². The first-order valence-corrected chi connectivity index (χ1v) is 9.58. The van der Waals surface area contributed by atoms with Gasteiger partial charge in [-0.05, 0) is 42.0 Å². The Morgan fingerprint density at radius 3 is 2.53 bits per heavy atom. The molecule has 0 atom stereocenters. The number of carbonyl (C=O) groups excluding carboxylic acids is 2. The van der Waals surface area contributed by atoms with Gasteiger partial charge in [0.25, 0.3) is 11.7 Å². The van der Waals surface area contributed by atoms with Crippen LogP contribution in [0, 0.1) is 5.82 Å². The number of anilines is 1. The van der Waals surface area contributed by atoms with Gasteiger partial charge < -0.3 is 9.47 Å². The molecule has 150 valence electrons. The summed E-state index contributed by atoms with van der Waals surface area (Å²) < 4.78 is 15.0. The SMILES string of the molecule is CN(C(=O)C(=O)c1cn(Cc2ccc(F)cc2)c2ncccc12)c1ccccc1Cl. The number of likely N-dealkylation sites (N-methyl/N-ethyl adjacent to an activating group) is 1. The van der Waals surface area contributed by atoms with Crippen LogP contribution in [0.5, 0.6) is 0 Å². The lowest BCUT2D eigenvalue weighted by atomic mass is 10.1. The smallest absolute Gasteiger partial charge is 0.299 e. The van der Waals surface area contributed by atoms with E-state index >= 15 is 0 Å². The highest BCUT2D eigenvalue weighted by Gasteiger charge is 2.26. The zero-order valence-electron chi connectivity index (χ0n) is 16.0. The average molecular weight is 422 g/mol. The summed E-state index contributed by atoms with van der Waals surface area (Å²) in [6.45, 7) is 0.385. The number of benzene rings is 2. The molecule has 0 aliphatic heterocycles. The van der Waals surface area contributed by atoms with Gasteiger partial charge in [-0.1, -0.05) is 35.9 Å². The van der Waals surface area contributed by atoms with Crippen molar-refractivity contribution in [3.8, 4) is 0 Å². The second-order valence-corrected chi connectivity index (χ2v) is 7.22. The number of pyridine rings is 1. The van der Waals surface area contributed by atoms with Gasteiger partial charge in [-0.15, -0.1) is 0 Å². The van der Waals surface area contributed by atoms with E-state index in [0.717, 1.165) is 5.56 Å². The van der Waals surface area contributed by atoms with Crippen molar-refractivity contribution < 1.29 is 14.0 Å². The Bertz CT molecular complexity index is 1250. The van der Waals surface area contributed by atoms with Crippen molar-refractivity contribution in [3.63, 3.8) is 0 Å². The first kappa shape index (κ1) is 19.8. The standard InChI is InChI=1S/C23H17ClFN3O2/c1-27(20-7-3-2-6-19(20)24)23(30)21(29)18-14-28(22-17(18)5-4-12-26-22)13-15-8-10-16(25)11-9-15/h2-12,14H,13H2,1H3. The number of rotatable bonds is 5. The van der Waals surface area contributed by atoms with Crippen LogP contribution in [0.4, 0.5) is 10.1 Å². The molecule has 7 heteroatoms. The molecule has 5 nitrogen and oxygen atoms in total. The van der Waals surface area contributed by atoms with Gasteiger partial charge >= 0.3 is 0 Å². The Kier molecular flexibility index (Phi) is 5.33. The van der Waals surface area contributed by atoms with Crippen molar-refractivity contribution in [1.82, 2.24) is 9.55 Å². The molecule has 0 unspecified atom stereocenters. The van der Waals surface area contributed by atoms with Crippen LogP contribution in [-0.2, 0) is 11.3 Å². The van der Waals surface area contributed by atoms with Gasteiger partial charge in [0, 0.05) is 31.4 Å². The summed E-state index contributed by atoms with van der Waals surface area (Å²) in [6, 6.07) is 16.4. The Labute approximate surface area is 177 Å². The van der Waals surface area contributed by atoms with E-state index in [0.29, 0.717) is 28.3 Å². The molecular weight excluding hydrogens is 405 g/mol. The number of nitrogens with zero attached hydrogens (tertiary/aromatic N) is 3. The lowest BCUT2D eigenvalue weighted by Gasteiger charge is -2.17. The molecule has 2 aromatic carbocycles. The number of aromatic nitrogens is 2. The van der Waals surface area contributed by atoms with Crippen LogP contribution in [0.3, 0.4) is 0 Å². The van der Waals surface area contributed by atoms with Crippen molar-refractivity contribution in [1.29, 1.82) is 0 Å². The molecule has 30 heavy (non-hydrogen) atoms. The quantitative estimate of drug-likeness (QED) is 0.346. The summed E-state index contributed by atoms with van der Waals surface area (Å²) in [7, 11) is 1.51. The van der Waals surface area contributed by atoms with Crippen molar-refractivity contribution in [2.24, 2.45) is 0 Å². The van der Waals surface area contributed by atoms with Crippen LogP contribution in [0.2, 0.25) is 5.02 Å². The predicted molar refractivity (Wildman–Crippen MR) is 114 cm³/mol. The number of hydrogen-bond donors (Lipinski definition) is 0. The number of hydrogen-bond acceptors (Lipinski definition) is 3. The lowest BCUT2D eigenvalue weighted by molar-refractivity contribution is -0.114. The van der Waals surface area contributed by atoms with E-state index in [2.05, 4.69) is 4.98 Å². The molecule has 0 bridgehead atoms. The summed E-state index contributed by atoms with van der Waals surface area (Å²) in [6.07, 6.45) is 3.23. The van der Waals surface area contributed by atoms with Gasteiger partial charge in [-0.3, -0.25) is 9.59 Å². The van der Waals surface area contributed by atoms with Crippen LogP contribution in [0.1, 0.15) is 15.9 Å². The summed E-state index contributed by atoms with van der Waals surface area (Å²) in [4.78, 5) is 31.6. The van der Waals surface area contributed by atoms with Crippen molar-refractivity contribution in [3.05, 3.63) is 95.0 Å². The molecule has 2 heterocycles. The maximum atomic E-state index is 13.2. The normalized spacial score (nSPS) is 10.9. The Morgan fingerprint density at radius 1 is 1.07 bits per heavy atom. The van der Waals surface area contributed by atoms with E-state index in [1.165, 1.54) is 24.1 Å². The van der Waals surface area contributed by atoms with E-state index in [4.69, 9.17) is 11.6 Å². The molecule has 0 spiro atoms. The van der Waals surface area contributed by atoms with Crippen molar-refractivity contribution in [2.45, 2.75) is 6.54 Å². The van der Waals surface area contributed by atoms with Crippen LogP contribution in [0.15, 0.2) is 73.1 Å². The molecule has 0 fully saturated rings. The van der Waals surface area contributed by atoms with Crippen LogP contribution in [-0.4, -0.2) is 28.3 Å².